The summed E-state index contributed by atoms with van der Waals surface area (Å²) in [5.74, 6) is -2.21. The number of carbonyl (C=O) groups is 2. The van der Waals surface area contributed by atoms with Crippen molar-refractivity contribution in [3.05, 3.63) is 41.7 Å². The molecule has 9 nitrogen and oxygen atoms in total. The van der Waals surface area contributed by atoms with Crippen molar-refractivity contribution >= 4 is 23.6 Å². The number of hydrogen-bond donors (Lipinski definition) is 2. The highest BCUT2D eigenvalue weighted by atomic mass is 19.4. The molecule has 2 aromatic rings. The van der Waals surface area contributed by atoms with Crippen LogP contribution in [0.25, 0.3) is 0 Å². The Hall–Kier alpha value is -3.78. The molecule has 1 aromatic heterocycles. The third-order valence-electron chi connectivity index (χ3n) is 4.73. The molecule has 0 radical (unpaired) electrons. The van der Waals surface area contributed by atoms with Crippen LogP contribution in [0.15, 0.2) is 30.5 Å². The largest absolute Gasteiger partial charge is 0.573 e. The van der Waals surface area contributed by atoms with Gasteiger partial charge in [-0.3, -0.25) is 4.79 Å². The van der Waals surface area contributed by atoms with Crippen molar-refractivity contribution in [2.24, 2.45) is 0 Å². The molecule has 34 heavy (non-hydrogen) atoms. The van der Waals surface area contributed by atoms with Gasteiger partial charge in [0, 0.05) is 31.0 Å². The van der Waals surface area contributed by atoms with Crippen LogP contribution in [0.5, 0.6) is 5.75 Å². The Morgan fingerprint density at radius 2 is 1.68 bits per heavy atom. The Bertz CT molecular complexity index is 1040. The predicted molar refractivity (Wildman–Crippen MR) is 102 cm³/mol. The molecule has 2 heterocycles. The van der Waals surface area contributed by atoms with E-state index in [2.05, 4.69) is 25.3 Å². The molecule has 2 N–H and O–H groups in total. The van der Waals surface area contributed by atoms with Crippen LogP contribution in [0.4, 0.5) is 42.8 Å². The number of hydrogen-bond acceptors (Lipinski definition) is 7. The molecule has 0 unspecified atom stereocenters. The first-order valence-electron chi connectivity index (χ1n) is 9.65. The number of amides is 2. The van der Waals surface area contributed by atoms with Crippen molar-refractivity contribution in [2.45, 2.75) is 31.4 Å². The lowest BCUT2D eigenvalue weighted by Crippen LogP contribution is -2.48. The van der Waals surface area contributed by atoms with Gasteiger partial charge in [-0.05, 0) is 37.1 Å². The monoisotopic (exact) mass is 492 g/mol. The molecule has 3 rings (SSSR count). The smallest absolute Gasteiger partial charge is 0.530 e. The summed E-state index contributed by atoms with van der Waals surface area (Å²) < 4.78 is 81.0. The number of carbonyl (C=O) groups excluding carboxylic acids is 2. The molecule has 1 saturated heterocycles. The maximum Gasteiger partial charge on any atom is 0.573 e. The van der Waals surface area contributed by atoms with Crippen LogP contribution in [0.2, 0.25) is 0 Å². The Labute approximate surface area is 187 Å². The SMILES string of the molecule is O=C(Nc1ccc(OC(F)(F)F)cc1)c1cnc(NC2CCN(C(=O)[O-])CC2)nc1C(F)(F)F. The zero-order chi connectivity index (χ0) is 25.1. The van der Waals surface area contributed by atoms with Crippen molar-refractivity contribution in [1.82, 2.24) is 14.9 Å². The van der Waals surface area contributed by atoms with E-state index in [-0.39, 0.29) is 31.6 Å². The minimum atomic E-state index is -5.02. The number of anilines is 2. The summed E-state index contributed by atoms with van der Waals surface area (Å²) in [4.78, 5) is 31.5. The number of carboxylic acid groups (broad SMARTS) is 1. The number of piperidine rings is 1. The highest BCUT2D eigenvalue weighted by Crippen LogP contribution is 2.32. The van der Waals surface area contributed by atoms with E-state index in [0.29, 0.717) is 6.20 Å². The van der Waals surface area contributed by atoms with E-state index < -0.39 is 53.5 Å². The van der Waals surface area contributed by atoms with Gasteiger partial charge in [0.25, 0.3) is 5.91 Å². The first kappa shape index (κ1) is 24.9. The second kappa shape index (κ2) is 9.61. The Balaban J connectivity index is 1.72. The third-order valence-corrected chi connectivity index (χ3v) is 4.73. The molecular weight excluding hydrogens is 476 g/mol. The van der Waals surface area contributed by atoms with E-state index in [1.54, 1.807) is 0 Å². The average molecular weight is 492 g/mol. The summed E-state index contributed by atoms with van der Waals surface area (Å²) in [6.45, 7) is 0.249. The van der Waals surface area contributed by atoms with E-state index in [0.717, 1.165) is 29.2 Å². The fourth-order valence-corrected chi connectivity index (χ4v) is 3.16. The molecule has 0 spiro atoms. The fraction of sp³-hybridized carbons (Fsp3) is 0.368. The second-order valence-corrected chi connectivity index (χ2v) is 7.15. The van der Waals surface area contributed by atoms with Crippen LogP contribution in [0.1, 0.15) is 28.9 Å². The van der Waals surface area contributed by atoms with E-state index in [1.807, 2.05) is 0 Å². The lowest BCUT2D eigenvalue weighted by atomic mass is 10.1. The molecule has 1 aromatic carbocycles. The van der Waals surface area contributed by atoms with Crippen molar-refractivity contribution in [3.8, 4) is 5.75 Å². The van der Waals surface area contributed by atoms with Gasteiger partial charge in [-0.2, -0.15) is 13.2 Å². The molecule has 0 bridgehead atoms. The maximum absolute atomic E-state index is 13.6. The van der Waals surface area contributed by atoms with Crippen molar-refractivity contribution in [2.75, 3.05) is 23.7 Å². The van der Waals surface area contributed by atoms with Gasteiger partial charge in [0.1, 0.15) is 11.8 Å². The summed E-state index contributed by atoms with van der Waals surface area (Å²) in [5.41, 5.74) is -2.51. The van der Waals surface area contributed by atoms with Gasteiger partial charge in [-0.1, -0.05) is 0 Å². The van der Waals surface area contributed by atoms with E-state index in [4.69, 9.17) is 0 Å². The van der Waals surface area contributed by atoms with Crippen LogP contribution in [0.3, 0.4) is 0 Å². The van der Waals surface area contributed by atoms with Crippen molar-refractivity contribution < 1.29 is 45.8 Å². The van der Waals surface area contributed by atoms with Gasteiger partial charge in [-0.15, -0.1) is 13.2 Å². The summed E-state index contributed by atoms with van der Waals surface area (Å²) in [6.07, 6.45) is -10.0. The standard InChI is InChI=1S/C19H17F6N5O4/c20-18(21,22)14-13(15(31)27-10-1-3-12(4-2-10)34-19(23,24)25)9-26-16(29-14)28-11-5-7-30(8-6-11)17(32)33/h1-4,9,11H,5-8H2,(H,27,31)(H,32,33)(H,26,28,29)/p-1. The lowest BCUT2D eigenvalue weighted by molar-refractivity contribution is -0.274. The van der Waals surface area contributed by atoms with Gasteiger partial charge in [0.15, 0.2) is 5.69 Å². The number of alkyl halides is 6. The Morgan fingerprint density at radius 3 is 2.21 bits per heavy atom. The molecule has 0 aliphatic carbocycles. The van der Waals surface area contributed by atoms with Gasteiger partial charge in [-0.25, -0.2) is 9.97 Å². The summed E-state index contributed by atoms with van der Waals surface area (Å²) in [7, 11) is 0. The van der Waals surface area contributed by atoms with Crippen LogP contribution < -0.4 is 20.5 Å². The topological polar surface area (TPSA) is 120 Å². The number of likely N-dealkylation sites (tertiary alicyclic amines) is 1. The molecule has 0 atom stereocenters. The van der Waals surface area contributed by atoms with Gasteiger partial charge >= 0.3 is 12.5 Å². The lowest BCUT2D eigenvalue weighted by Gasteiger charge is -2.34. The number of benzene rings is 1. The first-order valence-corrected chi connectivity index (χ1v) is 9.65. The van der Waals surface area contributed by atoms with Gasteiger partial charge < -0.3 is 30.2 Å². The van der Waals surface area contributed by atoms with Crippen LogP contribution >= 0.6 is 0 Å². The predicted octanol–water partition coefficient (Wildman–Crippen LogP) is 2.87. The quantitative estimate of drug-likeness (QED) is 0.616. The van der Waals surface area contributed by atoms with Crippen molar-refractivity contribution in [3.63, 3.8) is 0 Å². The molecule has 2 amide bonds. The Morgan fingerprint density at radius 1 is 1.06 bits per heavy atom. The molecule has 1 fully saturated rings. The Kier molecular flexibility index (Phi) is 7.02. The summed E-state index contributed by atoms with van der Waals surface area (Å²) in [6, 6.07) is 3.39. The zero-order valence-corrected chi connectivity index (χ0v) is 17.0. The summed E-state index contributed by atoms with van der Waals surface area (Å²) in [5, 5.41) is 15.7. The van der Waals surface area contributed by atoms with E-state index >= 15 is 0 Å². The number of nitrogens with one attached hydrogen (secondary N) is 2. The number of nitrogens with zero attached hydrogens (tertiary/aromatic N) is 3. The van der Waals surface area contributed by atoms with Crippen LogP contribution in [0, 0.1) is 0 Å². The normalized spacial score (nSPS) is 15.1. The van der Waals surface area contributed by atoms with E-state index in [9.17, 15) is 41.0 Å². The number of rotatable bonds is 5. The fourth-order valence-electron chi connectivity index (χ4n) is 3.16. The maximum atomic E-state index is 13.6. The van der Waals surface area contributed by atoms with E-state index in [1.165, 1.54) is 0 Å². The number of halogens is 6. The van der Waals surface area contributed by atoms with Crippen LogP contribution in [-0.2, 0) is 6.18 Å². The number of aromatic nitrogens is 2. The van der Waals surface area contributed by atoms with Gasteiger partial charge in [0.05, 0.1) is 5.56 Å². The molecule has 0 saturated carbocycles. The molecule has 1 aliphatic heterocycles. The minimum absolute atomic E-state index is 0.0884. The summed E-state index contributed by atoms with van der Waals surface area (Å²) >= 11 is 0. The highest BCUT2D eigenvalue weighted by molar-refractivity contribution is 6.05. The average Bonchev–Trinajstić information content (AvgIpc) is 2.74. The van der Waals surface area contributed by atoms with Gasteiger partial charge in [0.2, 0.25) is 5.95 Å². The molecule has 15 heteroatoms. The molecule has 184 valence electrons. The first-order chi connectivity index (χ1) is 15.8. The molecular formula is C19H16F6N5O4-. The number of ether oxygens (including phenoxy) is 1. The third kappa shape index (κ3) is 6.62. The highest BCUT2D eigenvalue weighted by Gasteiger charge is 2.38. The van der Waals surface area contributed by atoms with Crippen LogP contribution in [-0.4, -0.2) is 52.4 Å². The minimum Gasteiger partial charge on any atom is -0.530 e. The molecule has 1 aliphatic rings. The second-order valence-electron chi connectivity index (χ2n) is 7.15. The van der Waals surface area contributed by atoms with Crippen molar-refractivity contribution in [1.29, 1.82) is 0 Å². The zero-order valence-electron chi connectivity index (χ0n) is 17.0.